The van der Waals surface area contributed by atoms with Crippen LogP contribution in [0.2, 0.25) is 0 Å². The smallest absolute Gasteiger partial charge is 0.137 e. The van der Waals surface area contributed by atoms with Crippen molar-refractivity contribution in [3.8, 4) is 0 Å². The molecule has 19 heavy (non-hydrogen) atoms. The third-order valence-corrected chi connectivity index (χ3v) is 3.92. The molecule has 3 nitrogen and oxygen atoms in total. The highest BCUT2D eigenvalue weighted by atomic mass is 79.9. The zero-order valence-corrected chi connectivity index (χ0v) is 12.6. The average molecular weight is 326 g/mol. The van der Waals surface area contributed by atoms with Gasteiger partial charge in [0.05, 0.1) is 10.7 Å². The van der Waals surface area contributed by atoms with Crippen LogP contribution in [0.1, 0.15) is 24.1 Å². The van der Waals surface area contributed by atoms with Crippen LogP contribution in [0.4, 0.5) is 4.39 Å². The van der Waals surface area contributed by atoms with Crippen molar-refractivity contribution >= 4 is 15.9 Å². The number of nitrogens with zero attached hydrogens (tertiary/aromatic N) is 2. The van der Waals surface area contributed by atoms with E-state index < -0.39 is 0 Å². The van der Waals surface area contributed by atoms with Crippen LogP contribution in [0.25, 0.3) is 0 Å². The fraction of sp³-hybridized carbons (Fsp3) is 0.357. The van der Waals surface area contributed by atoms with Gasteiger partial charge < -0.3 is 5.32 Å². The van der Waals surface area contributed by atoms with Gasteiger partial charge in [-0.1, -0.05) is 19.1 Å². The number of rotatable bonds is 5. The number of aryl methyl sites for hydroxylation is 1. The maximum atomic E-state index is 13.5. The van der Waals surface area contributed by atoms with Gasteiger partial charge in [0.2, 0.25) is 0 Å². The van der Waals surface area contributed by atoms with Crippen molar-refractivity contribution in [1.82, 2.24) is 15.1 Å². The molecular weight excluding hydrogens is 309 g/mol. The van der Waals surface area contributed by atoms with Gasteiger partial charge in [-0.05, 0) is 40.5 Å². The Morgan fingerprint density at radius 2 is 2.26 bits per heavy atom. The summed E-state index contributed by atoms with van der Waals surface area (Å²) in [6.07, 6.45) is 4.55. The number of benzene rings is 1. The minimum Gasteiger partial charge on any atom is -0.310 e. The maximum absolute atomic E-state index is 13.5. The first-order valence-electron chi connectivity index (χ1n) is 6.26. The molecule has 5 heteroatoms. The quantitative estimate of drug-likeness (QED) is 0.914. The highest BCUT2D eigenvalue weighted by Crippen LogP contribution is 2.25. The molecule has 0 aliphatic carbocycles. The van der Waals surface area contributed by atoms with Crippen molar-refractivity contribution in [2.75, 3.05) is 6.54 Å². The van der Waals surface area contributed by atoms with Gasteiger partial charge in [-0.2, -0.15) is 5.10 Å². The van der Waals surface area contributed by atoms with Crippen molar-refractivity contribution in [3.05, 3.63) is 52.0 Å². The third kappa shape index (κ3) is 3.42. The lowest BCUT2D eigenvalue weighted by atomic mass is 10.0. The molecule has 2 rings (SSSR count). The number of hydrogen-bond acceptors (Lipinski definition) is 2. The van der Waals surface area contributed by atoms with Crippen molar-refractivity contribution in [1.29, 1.82) is 0 Å². The maximum Gasteiger partial charge on any atom is 0.137 e. The number of hydrogen-bond donors (Lipinski definition) is 1. The summed E-state index contributed by atoms with van der Waals surface area (Å²) in [6.45, 7) is 2.91. The minimum absolute atomic E-state index is 0.136. The van der Waals surface area contributed by atoms with E-state index in [1.54, 1.807) is 10.7 Å². The standard InChI is InChI=1S/C14H17BrFN3/c1-3-17-13(11-8-18-19(2)9-11)7-10-5-4-6-12(16)14(10)15/h4-6,8-9,13,17H,3,7H2,1-2H3. The molecule has 1 heterocycles. The number of nitrogens with one attached hydrogen (secondary N) is 1. The summed E-state index contributed by atoms with van der Waals surface area (Å²) in [5.74, 6) is -0.223. The Balaban J connectivity index is 2.23. The topological polar surface area (TPSA) is 29.9 Å². The Kier molecular flexibility index (Phi) is 4.71. The van der Waals surface area contributed by atoms with Crippen LogP contribution in [0.3, 0.4) is 0 Å². The summed E-state index contributed by atoms with van der Waals surface area (Å²) in [7, 11) is 1.89. The van der Waals surface area contributed by atoms with Gasteiger partial charge in [-0.15, -0.1) is 0 Å². The van der Waals surface area contributed by atoms with E-state index in [9.17, 15) is 4.39 Å². The first kappa shape index (κ1) is 14.2. The monoisotopic (exact) mass is 325 g/mol. The molecule has 0 radical (unpaired) electrons. The first-order valence-corrected chi connectivity index (χ1v) is 7.06. The number of halogens is 2. The number of likely N-dealkylation sites (N-methyl/N-ethyl adjacent to an activating group) is 1. The summed E-state index contributed by atoms with van der Waals surface area (Å²) in [5, 5.41) is 7.60. The summed E-state index contributed by atoms with van der Waals surface area (Å²) in [4.78, 5) is 0. The van der Waals surface area contributed by atoms with E-state index in [2.05, 4.69) is 33.3 Å². The van der Waals surface area contributed by atoms with Gasteiger partial charge in [0.15, 0.2) is 0 Å². The SMILES string of the molecule is CCNC(Cc1cccc(F)c1Br)c1cnn(C)c1. The predicted octanol–water partition coefficient (Wildman–Crippen LogP) is 3.22. The van der Waals surface area contributed by atoms with Crippen molar-refractivity contribution in [2.45, 2.75) is 19.4 Å². The minimum atomic E-state index is -0.223. The molecule has 0 saturated heterocycles. The normalized spacial score (nSPS) is 12.6. The fourth-order valence-electron chi connectivity index (χ4n) is 2.10. The summed E-state index contributed by atoms with van der Waals surface area (Å²) >= 11 is 3.31. The molecule has 1 atom stereocenters. The third-order valence-electron chi connectivity index (χ3n) is 3.03. The molecule has 102 valence electrons. The molecule has 0 bridgehead atoms. The molecule has 0 amide bonds. The first-order chi connectivity index (χ1) is 9.11. The van der Waals surface area contributed by atoms with Crippen LogP contribution in [0.15, 0.2) is 35.1 Å². The molecule has 0 fully saturated rings. The lowest BCUT2D eigenvalue weighted by Gasteiger charge is -2.17. The Morgan fingerprint density at radius 1 is 1.47 bits per heavy atom. The van der Waals surface area contributed by atoms with Gasteiger partial charge in [0.1, 0.15) is 5.82 Å². The van der Waals surface area contributed by atoms with E-state index in [0.29, 0.717) is 4.47 Å². The summed E-state index contributed by atoms with van der Waals surface area (Å²) in [6, 6.07) is 5.27. The van der Waals surface area contributed by atoms with Gasteiger partial charge >= 0.3 is 0 Å². The second kappa shape index (κ2) is 6.30. The van der Waals surface area contributed by atoms with Crippen LogP contribution in [0, 0.1) is 5.82 Å². The van der Waals surface area contributed by atoms with Crippen LogP contribution in [0.5, 0.6) is 0 Å². The molecule has 0 aliphatic heterocycles. The molecule has 2 aromatic rings. The molecule has 0 spiro atoms. The highest BCUT2D eigenvalue weighted by Gasteiger charge is 2.15. The van der Waals surface area contributed by atoms with Gasteiger partial charge in [0.25, 0.3) is 0 Å². The van der Waals surface area contributed by atoms with Gasteiger partial charge in [-0.25, -0.2) is 4.39 Å². The van der Waals surface area contributed by atoms with Crippen molar-refractivity contribution in [2.24, 2.45) is 7.05 Å². The van der Waals surface area contributed by atoms with Crippen LogP contribution in [-0.4, -0.2) is 16.3 Å². The Morgan fingerprint density at radius 3 is 2.89 bits per heavy atom. The molecule has 1 N–H and O–H groups in total. The molecule has 0 aliphatic rings. The lowest BCUT2D eigenvalue weighted by molar-refractivity contribution is 0.544. The average Bonchev–Trinajstić information content (AvgIpc) is 2.81. The second-order valence-electron chi connectivity index (χ2n) is 4.47. The van der Waals surface area contributed by atoms with E-state index in [0.717, 1.165) is 24.1 Å². The zero-order valence-electron chi connectivity index (χ0n) is 11.0. The van der Waals surface area contributed by atoms with Crippen LogP contribution in [-0.2, 0) is 13.5 Å². The Bertz CT molecular complexity index is 553. The highest BCUT2D eigenvalue weighted by molar-refractivity contribution is 9.10. The summed E-state index contributed by atoms with van der Waals surface area (Å²) < 4.78 is 15.9. The van der Waals surface area contributed by atoms with E-state index >= 15 is 0 Å². The molecule has 1 unspecified atom stereocenters. The van der Waals surface area contributed by atoms with Crippen LogP contribution < -0.4 is 5.32 Å². The molecular formula is C14H17BrFN3. The van der Waals surface area contributed by atoms with Gasteiger partial charge in [-0.3, -0.25) is 4.68 Å². The van der Waals surface area contributed by atoms with E-state index in [4.69, 9.17) is 0 Å². The molecule has 0 saturated carbocycles. The van der Waals surface area contributed by atoms with Crippen LogP contribution >= 0.6 is 15.9 Å². The van der Waals surface area contributed by atoms with E-state index in [1.165, 1.54) is 6.07 Å². The second-order valence-corrected chi connectivity index (χ2v) is 5.27. The van der Waals surface area contributed by atoms with Crippen molar-refractivity contribution in [3.63, 3.8) is 0 Å². The zero-order chi connectivity index (χ0) is 13.8. The largest absolute Gasteiger partial charge is 0.310 e. The Labute approximate surface area is 121 Å². The fourth-order valence-corrected chi connectivity index (χ4v) is 2.53. The predicted molar refractivity (Wildman–Crippen MR) is 77.4 cm³/mol. The lowest BCUT2D eigenvalue weighted by Crippen LogP contribution is -2.22. The summed E-state index contributed by atoms with van der Waals surface area (Å²) in [5.41, 5.74) is 2.07. The van der Waals surface area contributed by atoms with E-state index in [-0.39, 0.29) is 11.9 Å². The van der Waals surface area contributed by atoms with E-state index in [1.807, 2.05) is 25.5 Å². The van der Waals surface area contributed by atoms with Crippen molar-refractivity contribution < 1.29 is 4.39 Å². The van der Waals surface area contributed by atoms with Gasteiger partial charge in [0, 0.05) is 24.8 Å². The molecule has 1 aromatic heterocycles. The molecule has 1 aromatic carbocycles. The number of aromatic nitrogens is 2. The Hall–Kier alpha value is -1.20.